The molecule has 1 atom stereocenters. The summed E-state index contributed by atoms with van der Waals surface area (Å²) in [6, 6.07) is 0.119. The summed E-state index contributed by atoms with van der Waals surface area (Å²) in [6.07, 6.45) is -9.18. The van der Waals surface area contributed by atoms with Crippen molar-refractivity contribution in [1.82, 2.24) is 0 Å². The fraction of sp³-hybridized carbons (Fsp3) is 0.250. The Morgan fingerprint density at radius 2 is 1.82 bits per heavy atom. The zero-order valence-corrected chi connectivity index (χ0v) is 10.4. The fourth-order valence-corrected chi connectivity index (χ4v) is 1.92. The van der Waals surface area contributed by atoms with Crippen LogP contribution in [0.1, 0.15) is 5.56 Å². The largest absolute Gasteiger partial charge is 0.573 e. The highest BCUT2D eigenvalue weighted by molar-refractivity contribution is 5.97. The molecule has 22 heavy (non-hydrogen) atoms. The van der Waals surface area contributed by atoms with Gasteiger partial charge in [0.05, 0.1) is 5.57 Å². The van der Waals surface area contributed by atoms with Gasteiger partial charge >= 0.3 is 18.5 Å². The maximum absolute atomic E-state index is 12.8. The van der Waals surface area contributed by atoms with E-state index in [1.54, 1.807) is 0 Å². The quantitative estimate of drug-likeness (QED) is 0.818. The van der Waals surface area contributed by atoms with Gasteiger partial charge in [0, 0.05) is 11.3 Å². The summed E-state index contributed by atoms with van der Waals surface area (Å²) in [5.41, 5.74) is -1.33. The van der Waals surface area contributed by atoms with E-state index < -0.39 is 35.9 Å². The van der Waals surface area contributed by atoms with E-state index in [0.29, 0.717) is 6.08 Å². The monoisotopic (exact) mass is 327 g/mol. The molecule has 10 heteroatoms. The van der Waals surface area contributed by atoms with Crippen molar-refractivity contribution < 1.29 is 41.0 Å². The van der Waals surface area contributed by atoms with E-state index in [-0.39, 0.29) is 11.3 Å². The van der Waals surface area contributed by atoms with Crippen LogP contribution in [0.2, 0.25) is 0 Å². The zero-order valence-electron chi connectivity index (χ0n) is 10.4. The molecule has 0 amide bonds. The first-order valence-corrected chi connectivity index (χ1v) is 5.65. The van der Waals surface area contributed by atoms with Crippen LogP contribution in [-0.4, -0.2) is 29.7 Å². The zero-order chi connectivity index (χ0) is 16.7. The first kappa shape index (κ1) is 16.0. The number of hydrogen-bond acceptors (Lipinski definition) is 3. The second kappa shape index (κ2) is 5.11. The lowest BCUT2D eigenvalue weighted by molar-refractivity contribution is -0.274. The van der Waals surface area contributed by atoms with Crippen molar-refractivity contribution in [3.63, 3.8) is 0 Å². The maximum Gasteiger partial charge on any atom is 0.573 e. The number of halogens is 6. The molecule has 120 valence electrons. The average molecular weight is 327 g/mol. The minimum absolute atomic E-state index is 0.151. The van der Waals surface area contributed by atoms with Gasteiger partial charge in [-0.05, 0) is 24.3 Å². The van der Waals surface area contributed by atoms with E-state index >= 15 is 0 Å². The van der Waals surface area contributed by atoms with Crippen LogP contribution >= 0.6 is 0 Å². The molecule has 2 N–H and O–H groups in total. The number of carbonyl (C=O) groups is 1. The Hall–Kier alpha value is -2.39. The van der Waals surface area contributed by atoms with Crippen molar-refractivity contribution in [2.45, 2.75) is 18.6 Å². The first-order valence-electron chi connectivity index (χ1n) is 5.65. The lowest BCUT2D eigenvalue weighted by Crippen LogP contribution is -2.41. The van der Waals surface area contributed by atoms with E-state index in [4.69, 9.17) is 5.11 Å². The highest BCUT2D eigenvalue weighted by Crippen LogP contribution is 2.37. The van der Waals surface area contributed by atoms with Crippen LogP contribution in [0.25, 0.3) is 6.08 Å². The Morgan fingerprint density at radius 1 is 1.18 bits per heavy atom. The summed E-state index contributed by atoms with van der Waals surface area (Å²) in [4.78, 5) is 10.9. The molecule has 1 aromatic carbocycles. The van der Waals surface area contributed by atoms with Crippen molar-refractivity contribution in [1.29, 1.82) is 0 Å². The molecule has 1 heterocycles. The highest BCUT2D eigenvalue weighted by atomic mass is 19.4. The Bertz CT molecular complexity index is 635. The van der Waals surface area contributed by atoms with Crippen LogP contribution in [0, 0.1) is 0 Å². The van der Waals surface area contributed by atoms with Crippen LogP contribution in [0.15, 0.2) is 23.8 Å². The maximum atomic E-state index is 12.8. The SMILES string of the molecule is O=C(O)C1=Cc2cc(OC(F)(F)F)ccc2NC1C(F)(F)F. The third-order valence-electron chi connectivity index (χ3n) is 2.75. The lowest BCUT2D eigenvalue weighted by Gasteiger charge is -2.28. The summed E-state index contributed by atoms with van der Waals surface area (Å²) in [5.74, 6) is -2.50. The predicted molar refractivity (Wildman–Crippen MR) is 62.2 cm³/mol. The van der Waals surface area contributed by atoms with E-state index in [0.717, 1.165) is 18.2 Å². The summed E-state index contributed by atoms with van der Waals surface area (Å²) >= 11 is 0. The topological polar surface area (TPSA) is 58.6 Å². The van der Waals surface area contributed by atoms with Gasteiger partial charge in [0.1, 0.15) is 5.75 Å². The minimum Gasteiger partial charge on any atom is -0.478 e. The van der Waals surface area contributed by atoms with Crippen molar-refractivity contribution in [2.24, 2.45) is 0 Å². The number of anilines is 1. The molecule has 1 aliphatic rings. The molecule has 0 fully saturated rings. The van der Waals surface area contributed by atoms with Gasteiger partial charge < -0.3 is 15.2 Å². The number of aliphatic carboxylic acids is 1. The molecule has 1 aliphatic heterocycles. The molecule has 0 radical (unpaired) electrons. The molecule has 0 spiro atoms. The smallest absolute Gasteiger partial charge is 0.478 e. The van der Waals surface area contributed by atoms with Gasteiger partial charge in [-0.25, -0.2) is 4.79 Å². The van der Waals surface area contributed by atoms with Crippen LogP contribution in [0.3, 0.4) is 0 Å². The second-order valence-corrected chi connectivity index (χ2v) is 4.32. The number of nitrogens with one attached hydrogen (secondary N) is 1. The second-order valence-electron chi connectivity index (χ2n) is 4.32. The fourth-order valence-electron chi connectivity index (χ4n) is 1.92. The molecule has 0 saturated heterocycles. The number of benzene rings is 1. The van der Waals surface area contributed by atoms with E-state index in [9.17, 15) is 31.1 Å². The number of rotatable bonds is 2. The molecular formula is C12H7F6NO3. The summed E-state index contributed by atoms with van der Waals surface area (Å²) in [6.45, 7) is 0. The first-order chi connectivity index (χ1) is 9.97. The average Bonchev–Trinajstić information content (AvgIpc) is 2.33. The number of fused-ring (bicyclic) bond motifs is 1. The van der Waals surface area contributed by atoms with Crippen molar-refractivity contribution in [3.05, 3.63) is 29.3 Å². The van der Waals surface area contributed by atoms with Crippen molar-refractivity contribution in [2.75, 3.05) is 5.32 Å². The van der Waals surface area contributed by atoms with Crippen LogP contribution in [-0.2, 0) is 4.79 Å². The predicted octanol–water partition coefficient (Wildman–Crippen LogP) is 3.41. The Kier molecular flexibility index (Phi) is 3.71. The van der Waals surface area contributed by atoms with Gasteiger partial charge in [0.25, 0.3) is 0 Å². The summed E-state index contributed by atoms with van der Waals surface area (Å²) in [5, 5.41) is 10.8. The molecule has 0 aromatic heterocycles. The highest BCUT2D eigenvalue weighted by Gasteiger charge is 2.46. The summed E-state index contributed by atoms with van der Waals surface area (Å²) in [7, 11) is 0. The third-order valence-corrected chi connectivity index (χ3v) is 2.75. The number of carboxylic acid groups (broad SMARTS) is 1. The molecule has 1 unspecified atom stereocenters. The van der Waals surface area contributed by atoms with Gasteiger partial charge in [-0.1, -0.05) is 0 Å². The van der Waals surface area contributed by atoms with Gasteiger partial charge in [-0.3, -0.25) is 0 Å². The van der Waals surface area contributed by atoms with Gasteiger partial charge in [0.15, 0.2) is 6.04 Å². The number of ether oxygens (including phenoxy) is 1. The van der Waals surface area contributed by atoms with E-state index in [1.807, 2.05) is 5.32 Å². The van der Waals surface area contributed by atoms with Crippen molar-refractivity contribution in [3.8, 4) is 5.75 Å². The molecule has 4 nitrogen and oxygen atoms in total. The Balaban J connectivity index is 2.43. The summed E-state index contributed by atoms with van der Waals surface area (Å²) < 4.78 is 78.4. The molecule has 1 aromatic rings. The third kappa shape index (κ3) is 3.43. The minimum atomic E-state index is -4.97. The normalized spacial score (nSPS) is 18.1. The van der Waals surface area contributed by atoms with Crippen molar-refractivity contribution >= 4 is 17.7 Å². The van der Waals surface area contributed by atoms with Gasteiger partial charge in [-0.15, -0.1) is 13.2 Å². The number of alkyl halides is 6. The molecule has 0 saturated carbocycles. The van der Waals surface area contributed by atoms with Gasteiger partial charge in [-0.2, -0.15) is 13.2 Å². The molecule has 0 aliphatic carbocycles. The number of hydrogen-bond donors (Lipinski definition) is 2. The van der Waals surface area contributed by atoms with Crippen LogP contribution in [0.5, 0.6) is 5.75 Å². The van der Waals surface area contributed by atoms with Crippen LogP contribution in [0.4, 0.5) is 32.0 Å². The van der Waals surface area contributed by atoms with E-state index in [1.165, 1.54) is 0 Å². The number of carboxylic acids is 1. The molecule has 0 bridgehead atoms. The van der Waals surface area contributed by atoms with Gasteiger partial charge in [0.2, 0.25) is 0 Å². The molecule has 2 rings (SSSR count). The Morgan fingerprint density at radius 3 is 2.32 bits per heavy atom. The van der Waals surface area contributed by atoms with E-state index in [2.05, 4.69) is 4.74 Å². The standard InChI is InChI=1S/C12H7F6NO3/c13-11(14,15)9-7(10(20)21)4-5-3-6(22-12(16,17)18)1-2-8(5)19-9/h1-4,9,19H,(H,20,21). The Labute approximate surface area is 119 Å². The lowest BCUT2D eigenvalue weighted by atomic mass is 9.97. The molecular weight excluding hydrogens is 320 g/mol. The van der Waals surface area contributed by atoms with Crippen LogP contribution < -0.4 is 10.1 Å².